The van der Waals surface area contributed by atoms with Crippen LogP contribution >= 0.6 is 0 Å². The van der Waals surface area contributed by atoms with Gasteiger partial charge in [-0.15, -0.1) is 0 Å². The summed E-state index contributed by atoms with van der Waals surface area (Å²) in [5.74, 6) is 0.630. The highest BCUT2D eigenvalue weighted by atomic mass is 16.1. The zero-order chi connectivity index (χ0) is 13.8. The maximum absolute atomic E-state index is 11.2. The number of nitrogens with zero attached hydrogens (tertiary/aromatic N) is 2. The van der Waals surface area contributed by atoms with Crippen molar-refractivity contribution in [2.75, 3.05) is 0 Å². The molecule has 100 valence electrons. The minimum absolute atomic E-state index is 0.630. The number of hydrogen-bond donors (Lipinski definition) is 0. The van der Waals surface area contributed by atoms with Crippen LogP contribution in [0.1, 0.15) is 36.2 Å². The minimum Gasteiger partial charge on any atom is -0.298 e. The van der Waals surface area contributed by atoms with Crippen LogP contribution in [0.25, 0.3) is 11.3 Å². The highest BCUT2D eigenvalue weighted by Gasteiger charge is 2.12. The quantitative estimate of drug-likeness (QED) is 0.764. The van der Waals surface area contributed by atoms with Gasteiger partial charge in [0.15, 0.2) is 6.29 Å². The minimum atomic E-state index is 0.630. The highest BCUT2D eigenvalue weighted by Crippen LogP contribution is 2.24. The van der Waals surface area contributed by atoms with E-state index in [2.05, 4.69) is 18.9 Å². The lowest BCUT2D eigenvalue weighted by Gasteiger charge is -2.05. The van der Waals surface area contributed by atoms with Crippen molar-refractivity contribution < 1.29 is 4.79 Å². The molecule has 0 fully saturated rings. The van der Waals surface area contributed by atoms with E-state index in [1.165, 1.54) is 0 Å². The summed E-state index contributed by atoms with van der Waals surface area (Å²) in [6.07, 6.45) is 3.80. The zero-order valence-electron chi connectivity index (χ0n) is 11.8. The van der Waals surface area contributed by atoms with Gasteiger partial charge in [0.1, 0.15) is 5.69 Å². The first kappa shape index (κ1) is 13.5. The van der Waals surface area contributed by atoms with Crippen molar-refractivity contribution >= 4 is 6.29 Å². The molecule has 3 nitrogen and oxygen atoms in total. The summed E-state index contributed by atoms with van der Waals surface area (Å²) in [7, 11) is 0. The molecule has 1 aromatic carbocycles. The van der Waals surface area contributed by atoms with E-state index in [4.69, 9.17) is 0 Å². The van der Waals surface area contributed by atoms with Crippen molar-refractivity contribution in [3.8, 4) is 11.3 Å². The van der Waals surface area contributed by atoms with E-state index in [-0.39, 0.29) is 0 Å². The Bertz CT molecular complexity index is 570. The summed E-state index contributed by atoms with van der Waals surface area (Å²) in [6, 6.07) is 8.02. The van der Waals surface area contributed by atoms with E-state index in [0.717, 1.165) is 36.1 Å². The standard InChI is InChI=1S/C16H20N2O/c1-12(2)8-9-18-10-14(11-19)16(17-18)15-7-5-4-6-13(15)3/h4-7,10-12H,8-9H2,1-3H3. The molecule has 0 saturated heterocycles. The average molecular weight is 256 g/mol. The Hall–Kier alpha value is -1.90. The molecule has 0 radical (unpaired) electrons. The molecule has 19 heavy (non-hydrogen) atoms. The first-order chi connectivity index (χ1) is 9.11. The second-order valence-corrected chi connectivity index (χ2v) is 5.31. The third-order valence-electron chi connectivity index (χ3n) is 3.25. The molecular formula is C16H20N2O. The van der Waals surface area contributed by atoms with E-state index in [1.807, 2.05) is 42.1 Å². The first-order valence-electron chi connectivity index (χ1n) is 6.70. The fraction of sp³-hybridized carbons (Fsp3) is 0.375. The molecule has 3 heteroatoms. The van der Waals surface area contributed by atoms with Crippen LogP contribution in [0.2, 0.25) is 0 Å². The first-order valence-corrected chi connectivity index (χ1v) is 6.70. The highest BCUT2D eigenvalue weighted by molar-refractivity contribution is 5.86. The van der Waals surface area contributed by atoms with Gasteiger partial charge in [-0.05, 0) is 24.8 Å². The van der Waals surface area contributed by atoms with Crippen LogP contribution in [0.3, 0.4) is 0 Å². The molecular weight excluding hydrogens is 236 g/mol. The lowest BCUT2D eigenvalue weighted by molar-refractivity contribution is 0.112. The number of benzene rings is 1. The van der Waals surface area contributed by atoms with E-state index in [0.29, 0.717) is 11.5 Å². The molecule has 0 saturated carbocycles. The smallest absolute Gasteiger partial charge is 0.153 e. The molecule has 0 spiro atoms. The summed E-state index contributed by atoms with van der Waals surface area (Å²) in [6.45, 7) is 7.26. The van der Waals surface area contributed by atoms with Crippen LogP contribution in [0, 0.1) is 12.8 Å². The van der Waals surface area contributed by atoms with Crippen molar-refractivity contribution in [3.63, 3.8) is 0 Å². The van der Waals surface area contributed by atoms with Gasteiger partial charge in [-0.2, -0.15) is 5.10 Å². The van der Waals surface area contributed by atoms with Crippen LogP contribution in [0.4, 0.5) is 0 Å². The summed E-state index contributed by atoms with van der Waals surface area (Å²) in [4.78, 5) is 11.2. The van der Waals surface area contributed by atoms with E-state index in [9.17, 15) is 4.79 Å². The van der Waals surface area contributed by atoms with Crippen LogP contribution in [-0.2, 0) is 6.54 Å². The number of aromatic nitrogens is 2. The normalized spacial score (nSPS) is 10.9. The maximum atomic E-state index is 11.2. The number of aldehydes is 1. The Morgan fingerprint density at radius 3 is 2.68 bits per heavy atom. The number of carbonyl (C=O) groups is 1. The van der Waals surface area contributed by atoms with Crippen LogP contribution in [-0.4, -0.2) is 16.1 Å². The lowest BCUT2D eigenvalue weighted by atomic mass is 10.0. The molecule has 0 aliphatic rings. The van der Waals surface area contributed by atoms with Crippen molar-refractivity contribution in [2.24, 2.45) is 5.92 Å². The van der Waals surface area contributed by atoms with E-state index < -0.39 is 0 Å². The van der Waals surface area contributed by atoms with Crippen LogP contribution in [0.5, 0.6) is 0 Å². The third-order valence-corrected chi connectivity index (χ3v) is 3.25. The number of rotatable bonds is 5. The summed E-state index contributed by atoms with van der Waals surface area (Å²) in [5.41, 5.74) is 3.63. The number of carbonyl (C=O) groups excluding carboxylic acids is 1. The van der Waals surface area contributed by atoms with Gasteiger partial charge in [-0.25, -0.2) is 0 Å². The van der Waals surface area contributed by atoms with Crippen molar-refractivity contribution in [1.29, 1.82) is 0 Å². The Morgan fingerprint density at radius 2 is 2.05 bits per heavy atom. The van der Waals surface area contributed by atoms with Gasteiger partial charge in [-0.3, -0.25) is 9.48 Å². The SMILES string of the molecule is Cc1ccccc1-c1nn(CCC(C)C)cc1C=O. The Kier molecular flexibility index (Phi) is 4.15. The van der Waals surface area contributed by atoms with Crippen molar-refractivity contribution in [1.82, 2.24) is 9.78 Å². The maximum Gasteiger partial charge on any atom is 0.153 e. The molecule has 0 N–H and O–H groups in total. The fourth-order valence-corrected chi connectivity index (χ4v) is 2.08. The Morgan fingerprint density at radius 1 is 1.32 bits per heavy atom. The molecule has 0 atom stereocenters. The summed E-state index contributed by atoms with van der Waals surface area (Å²) >= 11 is 0. The molecule has 0 aliphatic carbocycles. The third kappa shape index (κ3) is 3.11. The monoisotopic (exact) mass is 256 g/mol. The van der Waals surface area contributed by atoms with Crippen LogP contribution < -0.4 is 0 Å². The average Bonchev–Trinajstić information content (AvgIpc) is 2.80. The molecule has 1 heterocycles. The van der Waals surface area contributed by atoms with Crippen molar-refractivity contribution in [3.05, 3.63) is 41.6 Å². The predicted molar refractivity (Wildman–Crippen MR) is 77.2 cm³/mol. The molecule has 2 rings (SSSR count). The number of aryl methyl sites for hydroxylation is 2. The molecule has 0 unspecified atom stereocenters. The van der Waals surface area contributed by atoms with E-state index >= 15 is 0 Å². The fourth-order valence-electron chi connectivity index (χ4n) is 2.08. The van der Waals surface area contributed by atoms with Gasteiger partial charge >= 0.3 is 0 Å². The lowest BCUT2D eigenvalue weighted by Crippen LogP contribution is -2.02. The second kappa shape index (κ2) is 5.83. The van der Waals surface area contributed by atoms with Gasteiger partial charge in [-0.1, -0.05) is 38.1 Å². The molecule has 0 aliphatic heterocycles. The zero-order valence-corrected chi connectivity index (χ0v) is 11.8. The largest absolute Gasteiger partial charge is 0.298 e. The molecule has 2 aromatic rings. The van der Waals surface area contributed by atoms with Gasteiger partial charge in [0.05, 0.1) is 5.56 Å². The molecule has 1 aromatic heterocycles. The molecule has 0 amide bonds. The van der Waals surface area contributed by atoms with Crippen LogP contribution in [0.15, 0.2) is 30.5 Å². The number of hydrogen-bond acceptors (Lipinski definition) is 2. The van der Waals surface area contributed by atoms with Gasteiger partial charge in [0.2, 0.25) is 0 Å². The predicted octanol–water partition coefficient (Wildman–Crippen LogP) is 3.72. The topological polar surface area (TPSA) is 34.9 Å². The summed E-state index contributed by atoms with van der Waals surface area (Å²) in [5, 5.41) is 4.57. The van der Waals surface area contributed by atoms with Gasteiger partial charge in [0.25, 0.3) is 0 Å². The van der Waals surface area contributed by atoms with Gasteiger partial charge < -0.3 is 0 Å². The second-order valence-electron chi connectivity index (χ2n) is 5.31. The van der Waals surface area contributed by atoms with Gasteiger partial charge in [0, 0.05) is 18.3 Å². The Labute approximate surface area is 114 Å². The van der Waals surface area contributed by atoms with E-state index in [1.54, 1.807) is 0 Å². The summed E-state index contributed by atoms with van der Waals surface area (Å²) < 4.78 is 1.88. The van der Waals surface area contributed by atoms with Crippen molar-refractivity contribution in [2.45, 2.75) is 33.7 Å². The Balaban J connectivity index is 2.35. The molecule has 0 bridgehead atoms.